The van der Waals surface area contributed by atoms with E-state index in [1.165, 1.54) is 11.1 Å². The van der Waals surface area contributed by atoms with E-state index >= 15 is 0 Å². The van der Waals surface area contributed by atoms with Crippen LogP contribution < -0.4 is 10.1 Å². The molecule has 1 aromatic heterocycles. The Kier molecular flexibility index (Phi) is 6.06. The van der Waals surface area contributed by atoms with Crippen molar-refractivity contribution in [3.05, 3.63) is 82.5 Å². The van der Waals surface area contributed by atoms with Crippen LogP contribution in [0.4, 0.5) is 5.69 Å². The van der Waals surface area contributed by atoms with Crippen molar-refractivity contribution in [2.45, 2.75) is 0 Å². The van der Waals surface area contributed by atoms with Crippen molar-refractivity contribution in [1.82, 2.24) is 9.88 Å². The van der Waals surface area contributed by atoms with Crippen LogP contribution in [0, 0.1) is 0 Å². The smallest absolute Gasteiger partial charge is 0.257 e. The van der Waals surface area contributed by atoms with E-state index in [2.05, 4.69) is 26.2 Å². The molecule has 0 radical (unpaired) electrons. The predicted octanol–water partition coefficient (Wildman–Crippen LogP) is 4.59. The lowest BCUT2D eigenvalue weighted by Gasteiger charge is -2.12. The van der Waals surface area contributed by atoms with Crippen LogP contribution in [0.1, 0.15) is 20.7 Å². The van der Waals surface area contributed by atoms with Gasteiger partial charge in [-0.25, -0.2) is 4.98 Å². The molecule has 1 heterocycles. The number of aromatic nitrogens is 1. The molecule has 0 atom stereocenters. The van der Waals surface area contributed by atoms with Gasteiger partial charge in [-0.15, -0.1) is 0 Å². The highest BCUT2D eigenvalue weighted by atomic mass is 79.9. The number of carbonyl (C=O) groups excluding carboxylic acids is 2. The molecule has 0 bridgehead atoms. The molecular weight excluding hydrogens is 422 g/mol. The van der Waals surface area contributed by atoms with Gasteiger partial charge in [0.2, 0.25) is 5.88 Å². The summed E-state index contributed by atoms with van der Waals surface area (Å²) in [6, 6.07) is 17.4. The van der Waals surface area contributed by atoms with E-state index in [1.807, 2.05) is 24.3 Å². The summed E-state index contributed by atoms with van der Waals surface area (Å²) in [5, 5.41) is 2.77. The van der Waals surface area contributed by atoms with Gasteiger partial charge in [-0.3, -0.25) is 9.59 Å². The predicted molar refractivity (Wildman–Crippen MR) is 111 cm³/mol. The zero-order valence-electron chi connectivity index (χ0n) is 15.3. The topological polar surface area (TPSA) is 71.5 Å². The Labute approximate surface area is 171 Å². The lowest BCUT2D eigenvalue weighted by Crippen LogP contribution is -2.22. The monoisotopic (exact) mass is 439 g/mol. The quantitative estimate of drug-likeness (QED) is 0.630. The molecule has 28 heavy (non-hydrogen) atoms. The minimum absolute atomic E-state index is 0.132. The third-order valence-corrected chi connectivity index (χ3v) is 4.34. The van der Waals surface area contributed by atoms with Crippen molar-refractivity contribution < 1.29 is 14.3 Å². The summed E-state index contributed by atoms with van der Waals surface area (Å²) in [5.41, 5.74) is 1.42. The zero-order valence-corrected chi connectivity index (χ0v) is 16.9. The molecule has 0 saturated carbocycles. The van der Waals surface area contributed by atoms with Crippen LogP contribution in [0.15, 0.2) is 71.3 Å². The Balaban J connectivity index is 1.67. The van der Waals surface area contributed by atoms with Gasteiger partial charge >= 0.3 is 0 Å². The first-order valence-corrected chi connectivity index (χ1v) is 9.24. The summed E-state index contributed by atoms with van der Waals surface area (Å²) in [7, 11) is 3.36. The molecule has 0 spiro atoms. The zero-order chi connectivity index (χ0) is 20.1. The van der Waals surface area contributed by atoms with Gasteiger partial charge < -0.3 is 15.0 Å². The van der Waals surface area contributed by atoms with Crippen molar-refractivity contribution in [1.29, 1.82) is 0 Å². The van der Waals surface area contributed by atoms with E-state index in [9.17, 15) is 9.59 Å². The number of carbonyl (C=O) groups is 2. The molecule has 7 heteroatoms. The molecule has 0 fully saturated rings. The summed E-state index contributed by atoms with van der Waals surface area (Å²) < 4.78 is 6.60. The van der Waals surface area contributed by atoms with Crippen LogP contribution >= 0.6 is 15.9 Å². The Morgan fingerprint density at radius 3 is 2.39 bits per heavy atom. The summed E-state index contributed by atoms with van der Waals surface area (Å²) in [6.45, 7) is 0. The molecule has 0 aliphatic carbocycles. The average Bonchev–Trinajstić information content (AvgIpc) is 2.70. The SMILES string of the molecule is CN(C)C(=O)c1cccc(NC(=O)c2ccc(Oc3ccc(Br)cc3)nc2)c1. The average molecular weight is 440 g/mol. The van der Waals surface area contributed by atoms with Gasteiger partial charge in [0.15, 0.2) is 0 Å². The first-order chi connectivity index (χ1) is 13.4. The molecule has 2 aromatic carbocycles. The highest BCUT2D eigenvalue weighted by Gasteiger charge is 2.11. The molecule has 0 saturated heterocycles. The van der Waals surface area contributed by atoms with Crippen molar-refractivity contribution in [2.75, 3.05) is 19.4 Å². The second-order valence-electron chi connectivity index (χ2n) is 6.18. The number of rotatable bonds is 5. The number of amides is 2. The lowest BCUT2D eigenvalue weighted by atomic mass is 10.1. The largest absolute Gasteiger partial charge is 0.439 e. The summed E-state index contributed by atoms with van der Waals surface area (Å²) in [5.74, 6) is 0.581. The van der Waals surface area contributed by atoms with Crippen LogP contribution in [0.2, 0.25) is 0 Å². The molecule has 1 N–H and O–H groups in total. The molecular formula is C21H18BrN3O3. The fourth-order valence-corrected chi connectivity index (χ4v) is 2.65. The molecule has 0 aliphatic heterocycles. The number of nitrogens with one attached hydrogen (secondary N) is 1. The van der Waals surface area contributed by atoms with Gasteiger partial charge in [-0.05, 0) is 48.5 Å². The second kappa shape index (κ2) is 8.67. The highest BCUT2D eigenvalue weighted by Crippen LogP contribution is 2.22. The molecule has 2 amide bonds. The van der Waals surface area contributed by atoms with Crippen LogP contribution in [-0.4, -0.2) is 35.8 Å². The number of anilines is 1. The van der Waals surface area contributed by atoms with E-state index < -0.39 is 0 Å². The third-order valence-electron chi connectivity index (χ3n) is 3.81. The fraction of sp³-hybridized carbons (Fsp3) is 0.0952. The Hall–Kier alpha value is -3.19. The minimum Gasteiger partial charge on any atom is -0.439 e. The lowest BCUT2D eigenvalue weighted by molar-refractivity contribution is 0.0827. The van der Waals surface area contributed by atoms with Crippen molar-refractivity contribution in [3.8, 4) is 11.6 Å². The fourth-order valence-electron chi connectivity index (χ4n) is 2.39. The first-order valence-electron chi connectivity index (χ1n) is 8.45. The number of pyridine rings is 1. The van der Waals surface area contributed by atoms with Crippen LogP contribution in [0.5, 0.6) is 11.6 Å². The van der Waals surface area contributed by atoms with E-state index in [0.717, 1.165) is 4.47 Å². The van der Waals surface area contributed by atoms with Gasteiger partial charge in [-0.1, -0.05) is 22.0 Å². The maximum Gasteiger partial charge on any atom is 0.257 e. The maximum atomic E-state index is 12.4. The van der Waals surface area contributed by atoms with Gasteiger partial charge in [0.25, 0.3) is 11.8 Å². The first kappa shape index (κ1) is 19.6. The Morgan fingerprint density at radius 1 is 1.00 bits per heavy atom. The molecule has 0 aliphatic rings. The number of halogens is 1. The van der Waals surface area contributed by atoms with E-state index in [4.69, 9.17) is 4.74 Å². The maximum absolute atomic E-state index is 12.4. The van der Waals surface area contributed by atoms with Crippen LogP contribution in [0.3, 0.4) is 0 Å². The Morgan fingerprint density at radius 2 is 1.75 bits per heavy atom. The van der Waals surface area contributed by atoms with E-state index in [1.54, 1.807) is 50.5 Å². The number of hydrogen-bond donors (Lipinski definition) is 1. The standard InChI is InChI=1S/C21H18BrN3O3/c1-25(2)21(27)14-4-3-5-17(12-14)24-20(26)15-6-11-19(23-13-15)28-18-9-7-16(22)8-10-18/h3-13H,1-2H3,(H,24,26). The van der Waals surface area contributed by atoms with Gasteiger partial charge in [0.1, 0.15) is 5.75 Å². The van der Waals surface area contributed by atoms with Crippen molar-refractivity contribution >= 4 is 33.4 Å². The third kappa shape index (κ3) is 4.95. The van der Waals surface area contributed by atoms with Gasteiger partial charge in [-0.2, -0.15) is 0 Å². The molecule has 142 valence electrons. The second-order valence-corrected chi connectivity index (χ2v) is 7.09. The number of nitrogens with zero attached hydrogens (tertiary/aromatic N) is 2. The van der Waals surface area contributed by atoms with Crippen LogP contribution in [0.25, 0.3) is 0 Å². The highest BCUT2D eigenvalue weighted by molar-refractivity contribution is 9.10. The van der Waals surface area contributed by atoms with E-state index in [-0.39, 0.29) is 11.8 Å². The number of hydrogen-bond acceptors (Lipinski definition) is 4. The summed E-state index contributed by atoms with van der Waals surface area (Å²) >= 11 is 3.37. The number of benzene rings is 2. The van der Waals surface area contributed by atoms with E-state index in [0.29, 0.717) is 28.4 Å². The Bertz CT molecular complexity index is 987. The summed E-state index contributed by atoms with van der Waals surface area (Å²) in [4.78, 5) is 30.1. The number of ether oxygens (including phenoxy) is 1. The molecule has 3 rings (SSSR count). The summed E-state index contributed by atoms with van der Waals surface area (Å²) in [6.07, 6.45) is 1.44. The molecule has 0 unspecified atom stereocenters. The van der Waals surface area contributed by atoms with Gasteiger partial charge in [0.05, 0.1) is 5.56 Å². The van der Waals surface area contributed by atoms with Crippen LogP contribution in [-0.2, 0) is 0 Å². The van der Waals surface area contributed by atoms with Crippen molar-refractivity contribution in [3.63, 3.8) is 0 Å². The molecule has 3 aromatic rings. The normalized spacial score (nSPS) is 10.2. The molecule has 6 nitrogen and oxygen atoms in total. The van der Waals surface area contributed by atoms with Gasteiger partial charge in [0, 0.05) is 42.1 Å². The minimum atomic E-state index is -0.322. The van der Waals surface area contributed by atoms with Crippen molar-refractivity contribution in [2.24, 2.45) is 0 Å².